The van der Waals surface area contributed by atoms with Gasteiger partial charge in [0.1, 0.15) is 0 Å². The smallest absolute Gasteiger partial charge is 0.0834 e. The first kappa shape index (κ1) is 13.5. The highest BCUT2D eigenvalue weighted by atomic mass is 79.9. The van der Waals surface area contributed by atoms with Crippen LogP contribution in [0.25, 0.3) is 0 Å². The maximum absolute atomic E-state index is 10.3. The van der Waals surface area contributed by atoms with E-state index in [0.29, 0.717) is 11.4 Å². The molecule has 18 heavy (non-hydrogen) atoms. The fourth-order valence-corrected chi connectivity index (χ4v) is 2.48. The molecule has 1 aromatic heterocycles. The van der Waals surface area contributed by atoms with Crippen LogP contribution in [0.5, 0.6) is 0 Å². The van der Waals surface area contributed by atoms with Gasteiger partial charge in [-0.2, -0.15) is 0 Å². The largest absolute Gasteiger partial charge is 0.388 e. The SMILES string of the molecule is Cc1c(Cl)cccc1C(O)Cc1cncc(Br)c1. The van der Waals surface area contributed by atoms with Crippen molar-refractivity contribution in [2.24, 2.45) is 0 Å². The molecule has 0 bridgehead atoms. The van der Waals surface area contributed by atoms with Gasteiger partial charge in [-0.3, -0.25) is 4.98 Å². The van der Waals surface area contributed by atoms with E-state index in [1.54, 1.807) is 12.4 Å². The molecule has 0 spiro atoms. The third-order valence-corrected chi connectivity index (χ3v) is 3.70. The third-order valence-electron chi connectivity index (χ3n) is 2.86. The maximum Gasteiger partial charge on any atom is 0.0834 e. The minimum absolute atomic E-state index is 0.521. The predicted molar refractivity (Wildman–Crippen MR) is 76.8 cm³/mol. The summed E-state index contributed by atoms with van der Waals surface area (Å²) < 4.78 is 0.912. The zero-order valence-electron chi connectivity index (χ0n) is 9.90. The molecule has 0 aliphatic carbocycles. The molecule has 0 saturated carbocycles. The van der Waals surface area contributed by atoms with E-state index in [1.807, 2.05) is 31.2 Å². The van der Waals surface area contributed by atoms with E-state index < -0.39 is 6.10 Å². The number of hydrogen-bond donors (Lipinski definition) is 1. The molecule has 94 valence electrons. The number of benzene rings is 1. The van der Waals surface area contributed by atoms with Crippen molar-refractivity contribution in [3.63, 3.8) is 0 Å². The van der Waals surface area contributed by atoms with Crippen molar-refractivity contribution >= 4 is 27.5 Å². The van der Waals surface area contributed by atoms with Crippen molar-refractivity contribution in [2.75, 3.05) is 0 Å². The highest BCUT2D eigenvalue weighted by Gasteiger charge is 2.13. The average Bonchev–Trinajstić information content (AvgIpc) is 2.32. The van der Waals surface area contributed by atoms with Gasteiger partial charge >= 0.3 is 0 Å². The van der Waals surface area contributed by atoms with Crippen LogP contribution in [0.4, 0.5) is 0 Å². The minimum Gasteiger partial charge on any atom is -0.388 e. The number of hydrogen-bond acceptors (Lipinski definition) is 2. The van der Waals surface area contributed by atoms with Crippen molar-refractivity contribution in [1.82, 2.24) is 4.98 Å². The Morgan fingerprint density at radius 3 is 2.89 bits per heavy atom. The molecule has 4 heteroatoms. The van der Waals surface area contributed by atoms with Gasteiger partial charge in [-0.15, -0.1) is 0 Å². The summed E-state index contributed by atoms with van der Waals surface area (Å²) in [6, 6.07) is 7.54. The van der Waals surface area contributed by atoms with E-state index >= 15 is 0 Å². The van der Waals surface area contributed by atoms with Crippen LogP contribution in [0, 0.1) is 6.92 Å². The highest BCUT2D eigenvalue weighted by Crippen LogP contribution is 2.26. The lowest BCUT2D eigenvalue weighted by molar-refractivity contribution is 0.177. The molecule has 1 atom stereocenters. The van der Waals surface area contributed by atoms with Gasteiger partial charge in [0.05, 0.1) is 6.10 Å². The average molecular weight is 327 g/mol. The summed E-state index contributed by atoms with van der Waals surface area (Å²) in [7, 11) is 0. The summed E-state index contributed by atoms with van der Waals surface area (Å²) in [4.78, 5) is 4.09. The number of aliphatic hydroxyl groups excluding tert-OH is 1. The van der Waals surface area contributed by atoms with Crippen LogP contribution in [-0.4, -0.2) is 10.1 Å². The van der Waals surface area contributed by atoms with Gasteiger partial charge in [0.2, 0.25) is 0 Å². The number of nitrogens with zero attached hydrogens (tertiary/aromatic N) is 1. The molecule has 1 unspecified atom stereocenters. The molecule has 0 aliphatic heterocycles. The quantitative estimate of drug-likeness (QED) is 0.922. The fraction of sp³-hybridized carbons (Fsp3) is 0.214. The Morgan fingerprint density at radius 2 is 2.17 bits per heavy atom. The summed E-state index contributed by atoms with van der Waals surface area (Å²) in [5.74, 6) is 0. The van der Waals surface area contributed by atoms with Crippen LogP contribution < -0.4 is 0 Å². The van der Waals surface area contributed by atoms with Gasteiger partial charge in [-0.25, -0.2) is 0 Å². The number of aromatic nitrogens is 1. The Bertz CT molecular complexity index is 559. The van der Waals surface area contributed by atoms with Crippen molar-refractivity contribution < 1.29 is 5.11 Å². The van der Waals surface area contributed by atoms with E-state index in [2.05, 4.69) is 20.9 Å². The Morgan fingerprint density at radius 1 is 1.39 bits per heavy atom. The standard InChI is InChI=1S/C14H13BrClNO/c1-9-12(3-2-4-13(9)16)14(18)6-10-5-11(15)8-17-7-10/h2-5,7-8,14,18H,6H2,1H3. The summed E-state index contributed by atoms with van der Waals surface area (Å²) in [5, 5.41) is 10.9. The van der Waals surface area contributed by atoms with Gasteiger partial charge in [0.25, 0.3) is 0 Å². The first-order valence-corrected chi connectivity index (χ1v) is 6.77. The normalized spacial score (nSPS) is 12.4. The van der Waals surface area contributed by atoms with Crippen molar-refractivity contribution in [2.45, 2.75) is 19.4 Å². The monoisotopic (exact) mass is 325 g/mol. The van der Waals surface area contributed by atoms with Crippen LogP contribution in [0.2, 0.25) is 5.02 Å². The second-order valence-corrected chi connectivity index (χ2v) is 5.51. The van der Waals surface area contributed by atoms with E-state index in [9.17, 15) is 5.11 Å². The molecule has 1 aromatic carbocycles. The molecule has 0 saturated heterocycles. The van der Waals surface area contributed by atoms with Crippen molar-refractivity contribution in [1.29, 1.82) is 0 Å². The Hall–Kier alpha value is -0.900. The van der Waals surface area contributed by atoms with Crippen molar-refractivity contribution in [3.05, 3.63) is 62.8 Å². The molecule has 1 heterocycles. The first-order chi connectivity index (χ1) is 8.58. The zero-order chi connectivity index (χ0) is 13.1. The zero-order valence-corrected chi connectivity index (χ0v) is 12.2. The number of aliphatic hydroxyl groups is 1. The van der Waals surface area contributed by atoms with Gasteiger partial charge in [0.15, 0.2) is 0 Å². The lowest BCUT2D eigenvalue weighted by Crippen LogP contribution is -2.04. The number of pyridine rings is 1. The van der Waals surface area contributed by atoms with E-state index in [-0.39, 0.29) is 0 Å². The molecule has 0 fully saturated rings. The summed E-state index contributed by atoms with van der Waals surface area (Å²) >= 11 is 9.42. The molecular formula is C14H13BrClNO. The fourth-order valence-electron chi connectivity index (χ4n) is 1.89. The molecule has 0 radical (unpaired) electrons. The second-order valence-electron chi connectivity index (χ2n) is 4.19. The highest BCUT2D eigenvalue weighted by molar-refractivity contribution is 9.10. The van der Waals surface area contributed by atoms with Crippen LogP contribution in [0.1, 0.15) is 22.8 Å². The molecule has 2 rings (SSSR count). The molecule has 2 aromatic rings. The number of rotatable bonds is 3. The lowest BCUT2D eigenvalue weighted by atomic mass is 9.98. The van der Waals surface area contributed by atoms with Crippen LogP contribution in [0.15, 0.2) is 41.1 Å². The second kappa shape index (κ2) is 5.83. The first-order valence-electron chi connectivity index (χ1n) is 5.60. The number of halogens is 2. The summed E-state index contributed by atoms with van der Waals surface area (Å²) in [6.45, 7) is 1.92. The van der Waals surface area contributed by atoms with Crippen molar-refractivity contribution in [3.8, 4) is 0 Å². The van der Waals surface area contributed by atoms with Crippen LogP contribution >= 0.6 is 27.5 Å². The van der Waals surface area contributed by atoms with Gasteiger partial charge < -0.3 is 5.11 Å². The van der Waals surface area contributed by atoms with Gasteiger partial charge in [-0.05, 0) is 51.7 Å². The Labute approximate surface area is 120 Å². The van der Waals surface area contributed by atoms with E-state index in [4.69, 9.17) is 11.6 Å². The molecular weight excluding hydrogens is 314 g/mol. The molecule has 0 aliphatic rings. The topological polar surface area (TPSA) is 33.1 Å². The summed E-state index contributed by atoms with van der Waals surface area (Å²) in [6.07, 6.45) is 3.43. The Balaban J connectivity index is 2.22. The van der Waals surface area contributed by atoms with Crippen LogP contribution in [-0.2, 0) is 6.42 Å². The molecule has 0 amide bonds. The lowest BCUT2D eigenvalue weighted by Gasteiger charge is -2.14. The molecule has 1 N–H and O–H groups in total. The Kier molecular flexibility index (Phi) is 4.38. The minimum atomic E-state index is -0.570. The van der Waals surface area contributed by atoms with Gasteiger partial charge in [-0.1, -0.05) is 23.7 Å². The molecule has 2 nitrogen and oxygen atoms in total. The predicted octanol–water partition coefficient (Wildman–Crippen LogP) is 4.08. The van der Waals surface area contributed by atoms with E-state index in [0.717, 1.165) is 21.2 Å². The third kappa shape index (κ3) is 3.10. The maximum atomic E-state index is 10.3. The van der Waals surface area contributed by atoms with E-state index in [1.165, 1.54) is 0 Å². The van der Waals surface area contributed by atoms with Crippen LogP contribution in [0.3, 0.4) is 0 Å². The van der Waals surface area contributed by atoms with Gasteiger partial charge in [0, 0.05) is 28.3 Å². The summed E-state index contributed by atoms with van der Waals surface area (Å²) in [5.41, 5.74) is 2.77.